The Morgan fingerprint density at radius 1 is 1.27 bits per heavy atom. The molecular weight excluding hydrogens is 314 g/mol. The van der Waals surface area contributed by atoms with Gasteiger partial charge in [0.15, 0.2) is 5.16 Å². The number of nitrogens with zero attached hydrogens (tertiary/aromatic N) is 3. The molecule has 0 bridgehead atoms. The van der Waals surface area contributed by atoms with Crippen LogP contribution >= 0.6 is 23.1 Å². The minimum Gasteiger partial charge on any atom is -0.282 e. The van der Waals surface area contributed by atoms with Crippen LogP contribution in [0.1, 0.15) is 12.0 Å². The molecule has 0 aliphatic carbocycles. The summed E-state index contributed by atoms with van der Waals surface area (Å²) >= 11 is 2.88. The zero-order chi connectivity index (χ0) is 15.4. The minimum atomic E-state index is -0.0108. The number of aromatic nitrogens is 2. The molecule has 3 aromatic rings. The van der Waals surface area contributed by atoms with Crippen molar-refractivity contribution in [3.05, 3.63) is 57.7 Å². The van der Waals surface area contributed by atoms with Crippen molar-refractivity contribution < 1.29 is 0 Å². The Morgan fingerprint density at radius 3 is 2.86 bits per heavy atom. The first-order chi connectivity index (χ1) is 10.8. The molecule has 3 rings (SSSR count). The monoisotopic (exact) mass is 327 g/mol. The van der Waals surface area contributed by atoms with Crippen LogP contribution < -0.4 is 5.56 Å². The SMILES string of the molecule is N#CCCSc1nc2ccsc2c(=O)n1Cc1ccccc1. The summed E-state index contributed by atoms with van der Waals surface area (Å²) in [5.41, 5.74) is 1.78. The van der Waals surface area contributed by atoms with E-state index in [1.807, 2.05) is 41.8 Å². The van der Waals surface area contributed by atoms with Crippen molar-refractivity contribution in [2.45, 2.75) is 18.1 Å². The van der Waals surface area contributed by atoms with Crippen LogP contribution in [0.2, 0.25) is 0 Å². The fourth-order valence-corrected chi connectivity index (χ4v) is 3.75. The largest absolute Gasteiger partial charge is 0.282 e. The number of thiophene rings is 1. The first-order valence-electron chi connectivity index (χ1n) is 6.81. The molecule has 0 radical (unpaired) electrons. The molecule has 0 unspecified atom stereocenters. The number of nitriles is 1. The van der Waals surface area contributed by atoms with Gasteiger partial charge in [-0.05, 0) is 17.0 Å². The summed E-state index contributed by atoms with van der Waals surface area (Å²) in [5.74, 6) is 0.632. The van der Waals surface area contributed by atoms with Gasteiger partial charge >= 0.3 is 0 Å². The number of fused-ring (bicyclic) bond motifs is 1. The van der Waals surface area contributed by atoms with Gasteiger partial charge in [0.25, 0.3) is 5.56 Å². The zero-order valence-corrected chi connectivity index (χ0v) is 13.4. The summed E-state index contributed by atoms with van der Waals surface area (Å²) in [4.78, 5) is 17.3. The molecule has 0 amide bonds. The van der Waals surface area contributed by atoms with E-state index in [9.17, 15) is 4.79 Å². The molecule has 0 saturated carbocycles. The van der Waals surface area contributed by atoms with E-state index in [4.69, 9.17) is 5.26 Å². The maximum Gasteiger partial charge on any atom is 0.272 e. The second-order valence-electron chi connectivity index (χ2n) is 4.66. The quantitative estimate of drug-likeness (QED) is 0.409. The molecule has 4 nitrogen and oxygen atoms in total. The average Bonchev–Trinajstić information content (AvgIpc) is 3.01. The van der Waals surface area contributed by atoms with Crippen LogP contribution in [0.25, 0.3) is 10.2 Å². The van der Waals surface area contributed by atoms with Crippen molar-refractivity contribution in [1.29, 1.82) is 5.26 Å². The van der Waals surface area contributed by atoms with Gasteiger partial charge in [-0.15, -0.1) is 11.3 Å². The lowest BCUT2D eigenvalue weighted by molar-refractivity contribution is 0.659. The van der Waals surface area contributed by atoms with Crippen LogP contribution in [0.15, 0.2) is 51.7 Å². The maximum absolute atomic E-state index is 12.7. The smallest absolute Gasteiger partial charge is 0.272 e. The van der Waals surface area contributed by atoms with Gasteiger partial charge in [0.05, 0.1) is 18.1 Å². The molecule has 1 aromatic carbocycles. The second-order valence-corrected chi connectivity index (χ2v) is 6.64. The molecule has 0 aliphatic rings. The third kappa shape index (κ3) is 3.06. The lowest BCUT2D eigenvalue weighted by Gasteiger charge is -2.11. The van der Waals surface area contributed by atoms with Crippen LogP contribution in [0.3, 0.4) is 0 Å². The number of hydrogen-bond donors (Lipinski definition) is 0. The topological polar surface area (TPSA) is 58.7 Å². The van der Waals surface area contributed by atoms with Crippen LogP contribution in [-0.4, -0.2) is 15.3 Å². The van der Waals surface area contributed by atoms with E-state index in [0.717, 1.165) is 11.1 Å². The molecule has 0 atom stereocenters. The highest BCUT2D eigenvalue weighted by Gasteiger charge is 2.12. The number of benzene rings is 1. The third-order valence-electron chi connectivity index (χ3n) is 3.16. The molecule has 2 heterocycles. The Hall–Kier alpha value is -2.10. The Bertz CT molecular complexity index is 878. The van der Waals surface area contributed by atoms with Gasteiger partial charge in [0.1, 0.15) is 4.70 Å². The molecular formula is C16H13N3OS2. The molecule has 0 aliphatic heterocycles. The van der Waals surface area contributed by atoms with Crippen LogP contribution in [-0.2, 0) is 6.54 Å². The molecule has 0 saturated heterocycles. The van der Waals surface area contributed by atoms with Crippen molar-refractivity contribution >= 4 is 33.3 Å². The van der Waals surface area contributed by atoms with Crippen molar-refractivity contribution in [2.24, 2.45) is 0 Å². The van der Waals surface area contributed by atoms with E-state index >= 15 is 0 Å². The Morgan fingerprint density at radius 2 is 2.09 bits per heavy atom. The summed E-state index contributed by atoms with van der Waals surface area (Å²) in [6, 6.07) is 13.8. The van der Waals surface area contributed by atoms with Gasteiger partial charge in [-0.3, -0.25) is 9.36 Å². The van der Waals surface area contributed by atoms with E-state index in [-0.39, 0.29) is 5.56 Å². The van der Waals surface area contributed by atoms with Crippen molar-refractivity contribution in [3.63, 3.8) is 0 Å². The third-order valence-corrected chi connectivity index (χ3v) is 5.03. The van der Waals surface area contributed by atoms with E-state index < -0.39 is 0 Å². The lowest BCUT2D eigenvalue weighted by Crippen LogP contribution is -2.23. The Kier molecular flexibility index (Phi) is 4.56. The molecule has 22 heavy (non-hydrogen) atoms. The highest BCUT2D eigenvalue weighted by Crippen LogP contribution is 2.22. The highest BCUT2D eigenvalue weighted by atomic mass is 32.2. The van der Waals surface area contributed by atoms with E-state index in [0.29, 0.717) is 28.6 Å². The molecule has 2 aromatic heterocycles. The van der Waals surface area contributed by atoms with Crippen LogP contribution in [0.5, 0.6) is 0 Å². The van der Waals surface area contributed by atoms with Crippen molar-refractivity contribution in [2.75, 3.05) is 5.75 Å². The number of thioether (sulfide) groups is 1. The molecule has 110 valence electrons. The number of hydrogen-bond acceptors (Lipinski definition) is 5. The summed E-state index contributed by atoms with van der Waals surface area (Å²) in [5, 5.41) is 11.3. The van der Waals surface area contributed by atoms with Gasteiger partial charge in [-0.2, -0.15) is 5.26 Å². The highest BCUT2D eigenvalue weighted by molar-refractivity contribution is 7.99. The first-order valence-corrected chi connectivity index (χ1v) is 8.68. The van der Waals surface area contributed by atoms with Gasteiger partial charge in [-0.1, -0.05) is 42.1 Å². The Labute approximate surface area is 136 Å². The predicted octanol–water partition coefficient (Wildman–Crippen LogP) is 3.51. The molecule has 0 N–H and O–H groups in total. The fourth-order valence-electron chi connectivity index (χ4n) is 2.13. The predicted molar refractivity (Wildman–Crippen MR) is 90.4 cm³/mol. The van der Waals surface area contributed by atoms with E-state index in [2.05, 4.69) is 11.1 Å². The first kappa shape index (κ1) is 14.8. The van der Waals surface area contributed by atoms with Gasteiger partial charge < -0.3 is 0 Å². The summed E-state index contributed by atoms with van der Waals surface area (Å²) in [6.45, 7) is 0.495. The van der Waals surface area contributed by atoms with Crippen LogP contribution in [0, 0.1) is 11.3 Å². The summed E-state index contributed by atoms with van der Waals surface area (Å²) in [6.07, 6.45) is 0.438. The zero-order valence-electron chi connectivity index (χ0n) is 11.7. The summed E-state index contributed by atoms with van der Waals surface area (Å²) < 4.78 is 2.39. The van der Waals surface area contributed by atoms with Crippen LogP contribution in [0.4, 0.5) is 0 Å². The van der Waals surface area contributed by atoms with Gasteiger partial charge in [0.2, 0.25) is 0 Å². The Balaban J connectivity index is 2.04. The number of rotatable bonds is 5. The maximum atomic E-state index is 12.7. The van der Waals surface area contributed by atoms with E-state index in [1.54, 1.807) is 4.57 Å². The normalized spacial score (nSPS) is 10.7. The lowest BCUT2D eigenvalue weighted by atomic mass is 10.2. The molecule has 6 heteroatoms. The van der Waals surface area contributed by atoms with Gasteiger partial charge in [-0.25, -0.2) is 4.98 Å². The van der Waals surface area contributed by atoms with Crippen molar-refractivity contribution in [3.8, 4) is 6.07 Å². The molecule has 0 fully saturated rings. The van der Waals surface area contributed by atoms with Crippen molar-refractivity contribution in [1.82, 2.24) is 9.55 Å². The standard InChI is InChI=1S/C16H13N3OS2/c17-8-4-9-22-16-18-13-7-10-21-14(13)15(20)19(16)11-12-5-2-1-3-6-12/h1-3,5-7,10H,4,9,11H2. The minimum absolute atomic E-state index is 0.0108. The second kappa shape index (κ2) is 6.77. The molecule has 0 spiro atoms. The fraction of sp³-hybridized carbons (Fsp3) is 0.188. The summed E-state index contributed by atoms with van der Waals surface area (Å²) in [7, 11) is 0. The average molecular weight is 327 g/mol. The van der Waals surface area contributed by atoms with E-state index in [1.165, 1.54) is 23.1 Å². The van der Waals surface area contributed by atoms with Gasteiger partial charge in [0, 0.05) is 12.2 Å².